The van der Waals surface area contributed by atoms with Crippen molar-refractivity contribution < 1.29 is 8.42 Å². The van der Waals surface area contributed by atoms with E-state index in [0.29, 0.717) is 17.8 Å². The van der Waals surface area contributed by atoms with Gasteiger partial charge in [-0.05, 0) is 24.3 Å². The van der Waals surface area contributed by atoms with E-state index in [1.54, 1.807) is 0 Å². The first-order valence-corrected chi connectivity index (χ1v) is 6.94. The van der Waals surface area contributed by atoms with Gasteiger partial charge in [0.1, 0.15) is 12.2 Å². The normalized spacial score (nSPS) is 11.1. The fraction of sp³-hybridized carbons (Fsp3) is 0.182. The smallest absolute Gasteiger partial charge is 0.240 e. The van der Waals surface area contributed by atoms with Gasteiger partial charge in [0, 0.05) is 13.0 Å². The van der Waals surface area contributed by atoms with E-state index in [1.165, 1.54) is 30.6 Å². The van der Waals surface area contributed by atoms with Gasteiger partial charge in [-0.1, -0.05) is 0 Å². The number of hydrogen-bond donors (Lipinski definition) is 2. The van der Waals surface area contributed by atoms with E-state index in [1.807, 2.05) is 6.07 Å². The molecule has 0 atom stereocenters. The Morgan fingerprint density at radius 2 is 2.05 bits per heavy atom. The zero-order chi connectivity index (χ0) is 13.7. The third kappa shape index (κ3) is 3.37. The molecule has 0 bridgehead atoms. The van der Waals surface area contributed by atoms with Gasteiger partial charge in [0.2, 0.25) is 10.0 Å². The summed E-state index contributed by atoms with van der Waals surface area (Å²) in [6.45, 7) is 0.220. The van der Waals surface area contributed by atoms with Crippen molar-refractivity contribution in [2.24, 2.45) is 0 Å². The molecule has 19 heavy (non-hydrogen) atoms. The Morgan fingerprint density at radius 1 is 1.32 bits per heavy atom. The lowest BCUT2D eigenvalue weighted by Crippen LogP contribution is -2.26. The van der Waals surface area contributed by atoms with E-state index >= 15 is 0 Å². The minimum atomic E-state index is -3.56. The summed E-state index contributed by atoms with van der Waals surface area (Å²) < 4.78 is 26.3. The number of hydrogen-bond acceptors (Lipinski definition) is 5. The SMILES string of the molecule is N#Cc1ccc(S(=O)(=O)NCCc2ncn[nH]2)cc1. The first-order valence-electron chi connectivity index (χ1n) is 5.46. The third-order valence-electron chi connectivity index (χ3n) is 2.41. The first-order chi connectivity index (χ1) is 9.12. The van der Waals surface area contributed by atoms with Crippen molar-refractivity contribution in [2.75, 3.05) is 6.54 Å². The van der Waals surface area contributed by atoms with Crippen LogP contribution in [0.4, 0.5) is 0 Å². The van der Waals surface area contributed by atoms with E-state index < -0.39 is 10.0 Å². The average molecular weight is 277 g/mol. The van der Waals surface area contributed by atoms with Crippen LogP contribution in [0, 0.1) is 11.3 Å². The first kappa shape index (κ1) is 13.2. The summed E-state index contributed by atoms with van der Waals surface area (Å²) in [4.78, 5) is 4.02. The quantitative estimate of drug-likeness (QED) is 0.810. The maximum Gasteiger partial charge on any atom is 0.240 e. The highest BCUT2D eigenvalue weighted by atomic mass is 32.2. The fourth-order valence-electron chi connectivity index (χ4n) is 1.45. The molecule has 0 fully saturated rings. The highest BCUT2D eigenvalue weighted by Crippen LogP contribution is 2.09. The van der Waals surface area contributed by atoms with Crippen LogP contribution >= 0.6 is 0 Å². The van der Waals surface area contributed by atoms with Crippen LogP contribution in [0.5, 0.6) is 0 Å². The number of benzene rings is 1. The molecule has 0 aliphatic rings. The molecular weight excluding hydrogens is 266 g/mol. The van der Waals surface area contributed by atoms with Gasteiger partial charge in [0.15, 0.2) is 0 Å². The molecule has 98 valence electrons. The molecule has 0 radical (unpaired) electrons. The Kier molecular flexibility index (Phi) is 3.89. The summed E-state index contributed by atoms with van der Waals surface area (Å²) >= 11 is 0. The minimum Gasteiger partial charge on any atom is -0.263 e. The van der Waals surface area contributed by atoms with Crippen LogP contribution in [0.25, 0.3) is 0 Å². The predicted octanol–water partition coefficient (Wildman–Crippen LogP) is 0.197. The molecule has 1 aromatic heterocycles. The Balaban J connectivity index is 1.99. The Bertz CT molecular complexity index is 671. The second-order valence-electron chi connectivity index (χ2n) is 3.72. The molecule has 2 aromatic rings. The molecule has 0 aliphatic heterocycles. The number of nitrogens with zero attached hydrogens (tertiary/aromatic N) is 3. The number of aromatic nitrogens is 3. The van der Waals surface area contributed by atoms with E-state index in [9.17, 15) is 8.42 Å². The largest absolute Gasteiger partial charge is 0.263 e. The molecule has 7 nitrogen and oxygen atoms in total. The molecule has 0 amide bonds. The maximum atomic E-state index is 11.9. The summed E-state index contributed by atoms with van der Waals surface area (Å²) in [5.41, 5.74) is 0.417. The molecule has 1 aromatic carbocycles. The van der Waals surface area contributed by atoms with Gasteiger partial charge >= 0.3 is 0 Å². The summed E-state index contributed by atoms with van der Waals surface area (Å²) in [5, 5.41) is 15.0. The molecule has 1 heterocycles. The van der Waals surface area contributed by atoms with Crippen molar-refractivity contribution in [1.29, 1.82) is 5.26 Å². The lowest BCUT2D eigenvalue weighted by Gasteiger charge is -2.05. The minimum absolute atomic E-state index is 0.129. The van der Waals surface area contributed by atoms with Crippen molar-refractivity contribution in [3.8, 4) is 6.07 Å². The van der Waals surface area contributed by atoms with Crippen molar-refractivity contribution in [3.63, 3.8) is 0 Å². The van der Waals surface area contributed by atoms with E-state index in [4.69, 9.17) is 5.26 Å². The van der Waals surface area contributed by atoms with Crippen LogP contribution < -0.4 is 4.72 Å². The van der Waals surface area contributed by atoms with Gasteiger partial charge in [-0.2, -0.15) is 10.4 Å². The van der Waals surface area contributed by atoms with Crippen molar-refractivity contribution >= 4 is 10.0 Å². The molecule has 8 heteroatoms. The fourth-order valence-corrected chi connectivity index (χ4v) is 2.48. The van der Waals surface area contributed by atoms with Gasteiger partial charge in [-0.3, -0.25) is 5.10 Å². The third-order valence-corrected chi connectivity index (χ3v) is 3.89. The molecule has 0 saturated heterocycles. The van der Waals surface area contributed by atoms with Gasteiger partial charge in [0.05, 0.1) is 16.5 Å². The summed E-state index contributed by atoms with van der Waals surface area (Å²) in [6, 6.07) is 7.66. The highest BCUT2D eigenvalue weighted by molar-refractivity contribution is 7.89. The molecule has 0 saturated carbocycles. The van der Waals surface area contributed by atoms with Crippen LogP contribution in [-0.2, 0) is 16.4 Å². The topological polar surface area (TPSA) is 112 Å². The molecule has 2 rings (SSSR count). The second kappa shape index (κ2) is 5.60. The summed E-state index contributed by atoms with van der Waals surface area (Å²) in [7, 11) is -3.56. The van der Waals surface area contributed by atoms with Gasteiger partial charge in [-0.15, -0.1) is 0 Å². The standard InChI is InChI=1S/C11H11N5O2S/c12-7-9-1-3-10(4-2-9)19(17,18)15-6-5-11-13-8-14-16-11/h1-4,8,15H,5-6H2,(H,13,14,16). The van der Waals surface area contributed by atoms with Crippen LogP contribution in [0.3, 0.4) is 0 Å². The average Bonchev–Trinajstić information content (AvgIpc) is 2.92. The molecule has 0 aliphatic carbocycles. The maximum absolute atomic E-state index is 11.9. The van der Waals surface area contributed by atoms with Crippen LogP contribution in [0.2, 0.25) is 0 Å². The Hall–Kier alpha value is -2.24. The van der Waals surface area contributed by atoms with Gasteiger partial charge < -0.3 is 0 Å². The number of nitrogens with one attached hydrogen (secondary N) is 2. The molecule has 0 spiro atoms. The van der Waals surface area contributed by atoms with Crippen molar-refractivity contribution in [3.05, 3.63) is 42.0 Å². The second-order valence-corrected chi connectivity index (χ2v) is 5.48. The number of nitriles is 1. The van der Waals surface area contributed by atoms with Crippen LogP contribution in [0.15, 0.2) is 35.5 Å². The zero-order valence-corrected chi connectivity index (χ0v) is 10.7. The number of sulfonamides is 1. The Labute approximate surface area is 110 Å². The van der Waals surface area contributed by atoms with E-state index in [2.05, 4.69) is 19.9 Å². The Morgan fingerprint density at radius 3 is 2.63 bits per heavy atom. The zero-order valence-electron chi connectivity index (χ0n) is 9.87. The van der Waals surface area contributed by atoms with Gasteiger partial charge in [0.25, 0.3) is 0 Å². The lowest BCUT2D eigenvalue weighted by atomic mass is 10.2. The number of aromatic amines is 1. The van der Waals surface area contributed by atoms with Crippen LogP contribution in [0.1, 0.15) is 11.4 Å². The molecular formula is C11H11N5O2S. The van der Waals surface area contributed by atoms with Crippen molar-refractivity contribution in [1.82, 2.24) is 19.9 Å². The van der Waals surface area contributed by atoms with Gasteiger partial charge in [-0.25, -0.2) is 18.1 Å². The number of H-pyrrole nitrogens is 1. The van der Waals surface area contributed by atoms with Crippen LogP contribution in [-0.4, -0.2) is 30.1 Å². The highest BCUT2D eigenvalue weighted by Gasteiger charge is 2.13. The molecule has 2 N–H and O–H groups in total. The van der Waals surface area contributed by atoms with Crippen molar-refractivity contribution in [2.45, 2.75) is 11.3 Å². The van der Waals surface area contributed by atoms with E-state index in [-0.39, 0.29) is 11.4 Å². The molecule has 0 unspecified atom stereocenters. The predicted molar refractivity (Wildman–Crippen MR) is 66.4 cm³/mol. The van der Waals surface area contributed by atoms with E-state index in [0.717, 1.165) is 0 Å². The summed E-state index contributed by atoms with van der Waals surface area (Å²) in [5.74, 6) is 0.613. The lowest BCUT2D eigenvalue weighted by molar-refractivity contribution is 0.581. The summed E-state index contributed by atoms with van der Waals surface area (Å²) in [6.07, 6.45) is 1.79. The monoisotopic (exact) mass is 277 g/mol. The number of rotatable bonds is 5.